The van der Waals surface area contributed by atoms with Crippen LogP contribution in [0.5, 0.6) is 0 Å². The first-order chi connectivity index (χ1) is 12.3. The number of ether oxygens (including phenoxy) is 2. The van der Waals surface area contributed by atoms with Crippen molar-refractivity contribution in [3.63, 3.8) is 0 Å². The van der Waals surface area contributed by atoms with Gasteiger partial charge in [0.25, 0.3) is 0 Å². The highest BCUT2D eigenvalue weighted by Crippen LogP contribution is 2.44. The zero-order valence-corrected chi connectivity index (χ0v) is 17.0. The number of rotatable bonds is 0. The molecule has 2 aliphatic heterocycles. The molecule has 26 heavy (non-hydrogen) atoms. The van der Waals surface area contributed by atoms with Crippen molar-refractivity contribution in [2.24, 2.45) is 0 Å². The Morgan fingerprint density at radius 3 is 2.69 bits per heavy atom. The molecule has 2 heterocycles. The van der Waals surface area contributed by atoms with Gasteiger partial charge in [0, 0.05) is 5.57 Å². The van der Waals surface area contributed by atoms with E-state index in [0.717, 1.165) is 49.7 Å². The van der Waals surface area contributed by atoms with E-state index in [1.807, 2.05) is 6.92 Å². The highest BCUT2D eigenvalue weighted by Gasteiger charge is 2.44. The minimum Gasteiger partial charge on any atom is -0.468 e. The molecule has 142 valence electrons. The number of thioether (sulfide) groups is 1. The van der Waals surface area contributed by atoms with Crippen LogP contribution in [0, 0.1) is 5.41 Å². The third-order valence-corrected chi connectivity index (χ3v) is 7.00. The first-order valence-electron chi connectivity index (χ1n) is 9.46. The largest absolute Gasteiger partial charge is 0.468 e. The van der Waals surface area contributed by atoms with Gasteiger partial charge in [-0.1, -0.05) is 29.0 Å². The highest BCUT2D eigenvalue weighted by molar-refractivity contribution is 8.14. The first kappa shape index (κ1) is 19.3. The van der Waals surface area contributed by atoms with Crippen molar-refractivity contribution in [1.82, 2.24) is 0 Å². The van der Waals surface area contributed by atoms with Crippen LogP contribution in [0.4, 0.5) is 0 Å². The summed E-state index contributed by atoms with van der Waals surface area (Å²) >= 11 is 1.57. The number of hydrogen-bond acceptors (Lipinski definition) is 5. The minimum atomic E-state index is -0.221. The molecule has 1 aliphatic carbocycles. The van der Waals surface area contributed by atoms with E-state index in [9.17, 15) is 4.79 Å². The molecule has 1 fully saturated rings. The van der Waals surface area contributed by atoms with Crippen molar-refractivity contribution in [3.8, 4) is 0 Å². The van der Waals surface area contributed by atoms with Crippen molar-refractivity contribution in [2.75, 3.05) is 0 Å². The van der Waals surface area contributed by atoms with Crippen molar-refractivity contribution >= 4 is 23.0 Å². The fourth-order valence-electron chi connectivity index (χ4n) is 3.95. The number of fused-ring (bicyclic) bond motifs is 2. The molecular formula is C21H29NO3S. The number of nitrogens with one attached hydrogen (secondary N) is 1. The molecule has 0 amide bonds. The van der Waals surface area contributed by atoms with Crippen molar-refractivity contribution in [2.45, 2.75) is 83.2 Å². The monoisotopic (exact) mass is 375 g/mol. The Labute approximate surface area is 160 Å². The summed E-state index contributed by atoms with van der Waals surface area (Å²) in [4.78, 5) is 12.0. The van der Waals surface area contributed by atoms with Gasteiger partial charge in [-0.2, -0.15) is 0 Å². The number of carbonyl (C=O) groups is 1. The Bertz CT molecular complexity index is 706. The van der Waals surface area contributed by atoms with Gasteiger partial charge < -0.3 is 9.47 Å². The van der Waals surface area contributed by atoms with E-state index in [0.29, 0.717) is 5.23 Å². The summed E-state index contributed by atoms with van der Waals surface area (Å²) in [6.07, 6.45) is 9.84. The van der Waals surface area contributed by atoms with E-state index >= 15 is 0 Å². The van der Waals surface area contributed by atoms with Crippen LogP contribution in [-0.2, 0) is 14.3 Å². The maximum atomic E-state index is 12.0. The molecule has 1 N–H and O–H groups in total. The van der Waals surface area contributed by atoms with Gasteiger partial charge in [-0.25, -0.2) is 4.79 Å². The number of carbonyl (C=O) groups excluding carboxylic acids is 1. The maximum absolute atomic E-state index is 12.0. The molecule has 0 aromatic heterocycles. The zero-order valence-electron chi connectivity index (χ0n) is 16.2. The molecule has 5 heteroatoms. The SMILES string of the molecule is CC1=C2CC/C(C)=C/CC[C@]3(C)SC(=N)O[C@@H]3CC/C(C)=C/[C@@H]2OC1=O. The lowest BCUT2D eigenvalue weighted by Crippen LogP contribution is -2.32. The molecule has 0 saturated carbocycles. The summed E-state index contributed by atoms with van der Waals surface area (Å²) in [7, 11) is 0. The second-order valence-electron chi connectivity index (χ2n) is 7.93. The third-order valence-electron chi connectivity index (χ3n) is 5.78. The van der Waals surface area contributed by atoms with Crippen LogP contribution in [0.1, 0.15) is 66.2 Å². The van der Waals surface area contributed by atoms with Gasteiger partial charge in [0.15, 0.2) is 0 Å². The van der Waals surface area contributed by atoms with Crippen molar-refractivity contribution in [3.05, 3.63) is 34.4 Å². The van der Waals surface area contributed by atoms with Gasteiger partial charge in [-0.3, -0.25) is 5.41 Å². The number of esters is 1. The van der Waals surface area contributed by atoms with Gasteiger partial charge >= 0.3 is 5.97 Å². The Morgan fingerprint density at radius 2 is 1.92 bits per heavy atom. The highest BCUT2D eigenvalue weighted by atomic mass is 32.2. The summed E-state index contributed by atoms with van der Waals surface area (Å²) in [6, 6.07) is 0. The minimum absolute atomic E-state index is 0.0419. The number of hydrogen-bond donors (Lipinski definition) is 1. The van der Waals surface area contributed by atoms with E-state index in [1.54, 1.807) is 11.8 Å². The predicted molar refractivity (Wildman–Crippen MR) is 106 cm³/mol. The van der Waals surface area contributed by atoms with Gasteiger partial charge in [0.1, 0.15) is 12.2 Å². The van der Waals surface area contributed by atoms with E-state index < -0.39 is 0 Å². The normalized spacial score (nSPS) is 37.5. The summed E-state index contributed by atoms with van der Waals surface area (Å²) in [5.41, 5.74) is 4.46. The molecule has 1 saturated heterocycles. The zero-order chi connectivity index (χ0) is 18.9. The quantitative estimate of drug-likeness (QED) is 0.461. The number of allylic oxidation sites excluding steroid dienone is 3. The molecule has 0 aromatic rings. The fraction of sp³-hybridized carbons (Fsp3) is 0.619. The van der Waals surface area contributed by atoms with E-state index in [2.05, 4.69) is 32.9 Å². The fourth-order valence-corrected chi connectivity index (χ4v) is 5.06. The van der Waals surface area contributed by atoms with Crippen LogP contribution < -0.4 is 0 Å². The Balaban J connectivity index is 1.86. The Kier molecular flexibility index (Phi) is 5.66. The summed E-state index contributed by atoms with van der Waals surface area (Å²) in [6.45, 7) is 8.36. The molecule has 3 atom stereocenters. The lowest BCUT2D eigenvalue weighted by Gasteiger charge is -2.27. The van der Waals surface area contributed by atoms with E-state index in [4.69, 9.17) is 14.9 Å². The molecular weight excluding hydrogens is 346 g/mol. The molecule has 0 unspecified atom stereocenters. The van der Waals surface area contributed by atoms with Crippen molar-refractivity contribution < 1.29 is 14.3 Å². The van der Waals surface area contributed by atoms with Crippen LogP contribution >= 0.6 is 11.8 Å². The van der Waals surface area contributed by atoms with Gasteiger partial charge in [-0.15, -0.1) is 0 Å². The molecule has 0 aromatic carbocycles. The molecule has 3 aliphatic rings. The van der Waals surface area contributed by atoms with Crippen LogP contribution in [0.15, 0.2) is 34.4 Å². The molecule has 3 rings (SSSR count). The summed E-state index contributed by atoms with van der Waals surface area (Å²) in [5, 5.41) is 8.30. The molecule has 0 radical (unpaired) electrons. The van der Waals surface area contributed by atoms with Crippen LogP contribution in [0.25, 0.3) is 0 Å². The Hall–Kier alpha value is -1.49. The van der Waals surface area contributed by atoms with Gasteiger partial charge in [0.2, 0.25) is 5.23 Å². The van der Waals surface area contributed by atoms with Gasteiger partial charge in [-0.05, 0) is 77.9 Å². The van der Waals surface area contributed by atoms with Crippen LogP contribution in [-0.4, -0.2) is 28.2 Å². The maximum Gasteiger partial charge on any atom is 0.334 e. The topological polar surface area (TPSA) is 59.4 Å². The second kappa shape index (κ2) is 7.63. The summed E-state index contributed by atoms with van der Waals surface area (Å²) < 4.78 is 11.4. The standard InChI is InChI=1S/C21H29NO3S/c1-13-6-5-11-21(4)18(25-20(22)26-21)10-8-14(2)12-17-16(9-7-13)15(3)19(23)24-17/h6,12,17-18,22H,5,7-11H2,1-4H3/b13-6+,14-12+,22-20?/t17-,18+,21-/m0/s1. The van der Waals surface area contributed by atoms with Crippen molar-refractivity contribution in [1.29, 1.82) is 5.41 Å². The average molecular weight is 376 g/mol. The van der Waals surface area contributed by atoms with E-state index in [1.165, 1.54) is 11.1 Å². The molecule has 0 spiro atoms. The van der Waals surface area contributed by atoms with E-state index in [-0.39, 0.29) is 22.9 Å². The lowest BCUT2D eigenvalue weighted by atomic mass is 9.90. The molecule has 0 bridgehead atoms. The molecule has 4 nitrogen and oxygen atoms in total. The predicted octanol–water partition coefficient (Wildman–Crippen LogP) is 5.30. The van der Waals surface area contributed by atoms with Crippen LogP contribution in [0.3, 0.4) is 0 Å². The average Bonchev–Trinajstić information content (AvgIpc) is 2.99. The Morgan fingerprint density at radius 1 is 1.15 bits per heavy atom. The van der Waals surface area contributed by atoms with Gasteiger partial charge in [0.05, 0.1) is 4.75 Å². The first-order valence-corrected chi connectivity index (χ1v) is 10.3. The lowest BCUT2D eigenvalue weighted by molar-refractivity contribution is -0.138. The second-order valence-corrected chi connectivity index (χ2v) is 9.43. The summed E-state index contributed by atoms with van der Waals surface area (Å²) in [5.74, 6) is -0.184. The van der Waals surface area contributed by atoms with Crippen LogP contribution in [0.2, 0.25) is 0 Å². The smallest absolute Gasteiger partial charge is 0.334 e. The third kappa shape index (κ3) is 4.08.